The van der Waals surface area contributed by atoms with Crippen molar-refractivity contribution in [1.29, 1.82) is 0 Å². The summed E-state index contributed by atoms with van der Waals surface area (Å²) in [4.78, 5) is 9.56. The zero-order chi connectivity index (χ0) is 15.6. The van der Waals surface area contributed by atoms with Crippen LogP contribution in [0, 0.1) is 12.8 Å². The Bertz CT molecular complexity index is 801. The van der Waals surface area contributed by atoms with Crippen molar-refractivity contribution < 1.29 is 0 Å². The minimum absolute atomic E-state index is 0.645. The summed E-state index contributed by atoms with van der Waals surface area (Å²) in [5, 5.41) is 3.51. The molecule has 1 aliphatic rings. The molecule has 1 aliphatic heterocycles. The van der Waals surface area contributed by atoms with Crippen LogP contribution in [-0.4, -0.2) is 27.6 Å². The Kier molecular flexibility index (Phi) is 3.83. The second-order valence-electron chi connectivity index (χ2n) is 6.48. The fourth-order valence-corrected chi connectivity index (χ4v) is 3.43. The number of aromatic nitrogens is 3. The van der Waals surface area contributed by atoms with Gasteiger partial charge in [0.1, 0.15) is 11.3 Å². The van der Waals surface area contributed by atoms with E-state index in [1.54, 1.807) is 0 Å². The van der Waals surface area contributed by atoms with E-state index in [9.17, 15) is 0 Å². The molecule has 0 radical (unpaired) electrons. The lowest BCUT2D eigenvalue weighted by molar-refractivity contribution is 0.341. The fourth-order valence-electron chi connectivity index (χ4n) is 3.43. The number of rotatable bonds is 3. The molecule has 0 amide bonds. The van der Waals surface area contributed by atoms with E-state index in [4.69, 9.17) is 4.98 Å². The molecular formula is C19H22N4. The van der Waals surface area contributed by atoms with Crippen molar-refractivity contribution in [3.05, 3.63) is 48.2 Å². The number of nitrogens with zero attached hydrogens (tertiary/aromatic N) is 3. The molecule has 1 fully saturated rings. The van der Waals surface area contributed by atoms with Crippen LogP contribution >= 0.6 is 0 Å². The highest BCUT2D eigenvalue weighted by Gasteiger charge is 2.19. The summed E-state index contributed by atoms with van der Waals surface area (Å²) in [5.41, 5.74) is 4.31. The van der Waals surface area contributed by atoms with Crippen LogP contribution in [0.5, 0.6) is 0 Å². The maximum atomic E-state index is 4.89. The van der Waals surface area contributed by atoms with Gasteiger partial charge in [-0.2, -0.15) is 0 Å². The number of pyridine rings is 1. The molecule has 3 aromatic rings. The normalized spacial score (nSPS) is 18.4. The minimum atomic E-state index is 0.645. The van der Waals surface area contributed by atoms with E-state index < -0.39 is 0 Å². The maximum absolute atomic E-state index is 4.89. The van der Waals surface area contributed by atoms with Crippen LogP contribution in [-0.2, 0) is 6.54 Å². The number of fused-ring (bicyclic) bond motifs is 1. The number of benzene rings is 1. The van der Waals surface area contributed by atoms with E-state index in [-0.39, 0.29) is 0 Å². The SMILES string of the molecule is Cc1cnc2c(c1)nc(-c1ccccc1)n2CC1CCCNC1. The minimum Gasteiger partial charge on any atom is -0.316 e. The van der Waals surface area contributed by atoms with Crippen molar-refractivity contribution in [1.82, 2.24) is 19.9 Å². The first-order valence-electron chi connectivity index (χ1n) is 8.40. The van der Waals surface area contributed by atoms with E-state index in [2.05, 4.69) is 52.1 Å². The Balaban J connectivity index is 1.81. The van der Waals surface area contributed by atoms with Gasteiger partial charge in [0.05, 0.1) is 0 Å². The highest BCUT2D eigenvalue weighted by atomic mass is 15.1. The number of piperidine rings is 1. The molecule has 0 spiro atoms. The molecular weight excluding hydrogens is 284 g/mol. The van der Waals surface area contributed by atoms with Crippen LogP contribution in [0.2, 0.25) is 0 Å². The summed E-state index contributed by atoms with van der Waals surface area (Å²) in [6.07, 6.45) is 4.46. The van der Waals surface area contributed by atoms with Gasteiger partial charge >= 0.3 is 0 Å². The standard InChI is InChI=1S/C19H22N4/c1-14-10-17-19(21-11-14)23(13-15-6-5-9-20-12-15)18(22-17)16-7-3-2-4-8-16/h2-4,7-8,10-11,15,20H,5-6,9,12-13H2,1H3. The number of nitrogens with one attached hydrogen (secondary N) is 1. The van der Waals surface area contributed by atoms with Gasteiger partial charge in [-0.15, -0.1) is 0 Å². The summed E-state index contributed by atoms with van der Waals surface area (Å²) in [5.74, 6) is 1.68. The van der Waals surface area contributed by atoms with Crippen molar-refractivity contribution >= 4 is 11.2 Å². The summed E-state index contributed by atoms with van der Waals surface area (Å²) in [7, 11) is 0. The highest BCUT2D eigenvalue weighted by Crippen LogP contribution is 2.26. The second kappa shape index (κ2) is 6.13. The van der Waals surface area contributed by atoms with Crippen molar-refractivity contribution in [2.24, 2.45) is 5.92 Å². The third-order valence-electron chi connectivity index (χ3n) is 4.59. The summed E-state index contributed by atoms with van der Waals surface area (Å²) < 4.78 is 2.31. The van der Waals surface area contributed by atoms with Crippen LogP contribution < -0.4 is 5.32 Å². The first kappa shape index (κ1) is 14.4. The summed E-state index contributed by atoms with van der Waals surface area (Å²) in [6, 6.07) is 12.6. The molecule has 1 aromatic carbocycles. The Morgan fingerprint density at radius 2 is 2.13 bits per heavy atom. The molecule has 0 bridgehead atoms. The van der Waals surface area contributed by atoms with Crippen LogP contribution in [0.15, 0.2) is 42.6 Å². The van der Waals surface area contributed by atoms with Crippen molar-refractivity contribution in [2.75, 3.05) is 13.1 Å². The Labute approximate surface area is 136 Å². The van der Waals surface area contributed by atoms with Gasteiger partial charge in [0.2, 0.25) is 0 Å². The average molecular weight is 306 g/mol. The second-order valence-corrected chi connectivity index (χ2v) is 6.48. The molecule has 4 rings (SSSR count). The molecule has 1 unspecified atom stereocenters. The lowest BCUT2D eigenvalue weighted by Crippen LogP contribution is -2.32. The van der Waals surface area contributed by atoms with Gasteiger partial charge in [-0.1, -0.05) is 30.3 Å². The largest absolute Gasteiger partial charge is 0.316 e. The first-order chi connectivity index (χ1) is 11.3. The molecule has 0 aliphatic carbocycles. The lowest BCUT2D eigenvalue weighted by Gasteiger charge is -2.24. The van der Waals surface area contributed by atoms with Crippen LogP contribution in [0.25, 0.3) is 22.6 Å². The van der Waals surface area contributed by atoms with Gasteiger partial charge in [0.15, 0.2) is 5.65 Å². The zero-order valence-corrected chi connectivity index (χ0v) is 13.5. The Morgan fingerprint density at radius 1 is 1.26 bits per heavy atom. The van der Waals surface area contributed by atoms with E-state index in [1.165, 1.54) is 12.8 Å². The maximum Gasteiger partial charge on any atom is 0.160 e. The predicted molar refractivity (Wildman–Crippen MR) is 93.3 cm³/mol. The van der Waals surface area contributed by atoms with Gasteiger partial charge in [-0.3, -0.25) is 0 Å². The first-order valence-corrected chi connectivity index (χ1v) is 8.40. The van der Waals surface area contributed by atoms with Crippen LogP contribution in [0.4, 0.5) is 0 Å². The molecule has 23 heavy (non-hydrogen) atoms. The van der Waals surface area contributed by atoms with Gasteiger partial charge < -0.3 is 9.88 Å². The summed E-state index contributed by atoms with van der Waals surface area (Å²) in [6.45, 7) is 5.27. The molecule has 3 heterocycles. The third-order valence-corrected chi connectivity index (χ3v) is 4.59. The Hall–Kier alpha value is -2.20. The van der Waals surface area contributed by atoms with Crippen LogP contribution in [0.1, 0.15) is 18.4 Å². The molecule has 4 heteroatoms. The Morgan fingerprint density at radius 3 is 2.91 bits per heavy atom. The summed E-state index contributed by atoms with van der Waals surface area (Å²) >= 11 is 0. The van der Waals surface area contributed by atoms with Gasteiger partial charge in [0.25, 0.3) is 0 Å². The highest BCUT2D eigenvalue weighted by molar-refractivity contribution is 5.77. The van der Waals surface area contributed by atoms with E-state index in [1.807, 2.05) is 12.3 Å². The molecule has 1 atom stereocenters. The molecule has 1 saturated heterocycles. The number of hydrogen-bond donors (Lipinski definition) is 1. The lowest BCUT2D eigenvalue weighted by atomic mass is 9.99. The van der Waals surface area contributed by atoms with Crippen molar-refractivity contribution in [2.45, 2.75) is 26.3 Å². The van der Waals surface area contributed by atoms with Gasteiger partial charge in [-0.05, 0) is 50.4 Å². The fraction of sp³-hybridized carbons (Fsp3) is 0.368. The smallest absolute Gasteiger partial charge is 0.160 e. The molecule has 4 nitrogen and oxygen atoms in total. The van der Waals surface area contributed by atoms with Crippen molar-refractivity contribution in [3.63, 3.8) is 0 Å². The van der Waals surface area contributed by atoms with E-state index >= 15 is 0 Å². The quantitative estimate of drug-likeness (QED) is 0.806. The van der Waals surface area contributed by atoms with E-state index in [0.717, 1.165) is 47.7 Å². The predicted octanol–water partition coefficient (Wildman–Crippen LogP) is 3.41. The topological polar surface area (TPSA) is 42.7 Å². The van der Waals surface area contributed by atoms with Crippen molar-refractivity contribution in [3.8, 4) is 11.4 Å². The van der Waals surface area contributed by atoms with Gasteiger partial charge in [0, 0.05) is 18.3 Å². The zero-order valence-electron chi connectivity index (χ0n) is 13.5. The average Bonchev–Trinajstić information content (AvgIpc) is 2.94. The molecule has 2 aromatic heterocycles. The molecule has 118 valence electrons. The number of imidazole rings is 1. The van der Waals surface area contributed by atoms with Crippen LogP contribution in [0.3, 0.4) is 0 Å². The number of hydrogen-bond acceptors (Lipinski definition) is 3. The monoisotopic (exact) mass is 306 g/mol. The third kappa shape index (κ3) is 2.86. The van der Waals surface area contributed by atoms with Gasteiger partial charge in [-0.25, -0.2) is 9.97 Å². The van der Waals surface area contributed by atoms with E-state index in [0.29, 0.717) is 5.92 Å². The molecule has 0 saturated carbocycles. The number of aryl methyl sites for hydroxylation is 1. The molecule has 1 N–H and O–H groups in total.